The van der Waals surface area contributed by atoms with Crippen molar-refractivity contribution in [1.82, 2.24) is 10.3 Å². The van der Waals surface area contributed by atoms with Gasteiger partial charge in [-0.2, -0.15) is 0 Å². The maximum Gasteiger partial charge on any atom is 0.270 e. The topological polar surface area (TPSA) is 77.2 Å². The number of thiazole rings is 1. The van der Waals surface area contributed by atoms with Crippen molar-refractivity contribution in [3.05, 3.63) is 51.5 Å². The molecule has 1 aromatic carbocycles. The summed E-state index contributed by atoms with van der Waals surface area (Å²) in [7, 11) is 0. The van der Waals surface area contributed by atoms with Gasteiger partial charge in [0.25, 0.3) is 5.91 Å². The first kappa shape index (κ1) is 17.1. The van der Waals surface area contributed by atoms with E-state index in [4.69, 9.17) is 10.5 Å². The summed E-state index contributed by atoms with van der Waals surface area (Å²) in [5.74, 6) is -0.144. The van der Waals surface area contributed by atoms with Crippen molar-refractivity contribution >= 4 is 17.2 Å². The number of amides is 1. The summed E-state index contributed by atoms with van der Waals surface area (Å²) in [5.41, 5.74) is 8.68. The van der Waals surface area contributed by atoms with Crippen molar-refractivity contribution in [3.8, 4) is 0 Å². The Labute approximate surface area is 146 Å². The van der Waals surface area contributed by atoms with Gasteiger partial charge in [0.05, 0.1) is 6.10 Å². The molecule has 1 atom stereocenters. The highest BCUT2D eigenvalue weighted by atomic mass is 32.1. The van der Waals surface area contributed by atoms with E-state index in [9.17, 15) is 4.79 Å². The Bertz CT molecular complexity index is 686. The predicted octanol–water partition coefficient (Wildman–Crippen LogP) is 2.82. The smallest absolute Gasteiger partial charge is 0.270 e. The highest BCUT2D eigenvalue weighted by Gasteiger charge is 2.19. The number of ether oxygens (including phenoxy) is 1. The molecule has 0 spiro atoms. The van der Waals surface area contributed by atoms with E-state index in [-0.39, 0.29) is 12.0 Å². The van der Waals surface area contributed by atoms with E-state index in [1.807, 2.05) is 0 Å². The molecule has 1 heterocycles. The van der Waals surface area contributed by atoms with E-state index in [1.54, 1.807) is 5.38 Å². The lowest BCUT2D eigenvalue weighted by Crippen LogP contribution is -2.26. The molecular formula is C18H23N3O2S. The average Bonchev–Trinajstić information content (AvgIpc) is 3.11. The highest BCUT2D eigenvalue weighted by Crippen LogP contribution is 2.32. The second kappa shape index (κ2) is 8.37. The van der Waals surface area contributed by atoms with Crippen LogP contribution in [0.4, 0.5) is 0 Å². The van der Waals surface area contributed by atoms with Gasteiger partial charge in [0.15, 0.2) is 0 Å². The lowest BCUT2D eigenvalue weighted by molar-refractivity contribution is 0.0393. The van der Waals surface area contributed by atoms with Crippen LogP contribution >= 0.6 is 11.3 Å². The number of aryl methyl sites for hydroxylation is 1. The normalized spacial score (nSPS) is 16.6. The lowest BCUT2D eigenvalue weighted by Gasteiger charge is -2.25. The van der Waals surface area contributed by atoms with Crippen molar-refractivity contribution in [3.63, 3.8) is 0 Å². The molecule has 5 nitrogen and oxygen atoms in total. The zero-order chi connectivity index (χ0) is 16.8. The van der Waals surface area contributed by atoms with Crippen molar-refractivity contribution in [2.24, 2.45) is 5.73 Å². The molecule has 1 aliphatic rings. The standard InChI is InChI=1S/C18H23N3O2S/c19-11-17-21-15(12-24-17)18(22)20-9-4-10-23-16-8-3-6-13-5-1-2-7-14(13)16/h1-2,5,7,12,16H,3-4,6,8-11,19H2,(H,20,22). The second-order valence-corrected chi connectivity index (χ2v) is 6.83. The van der Waals surface area contributed by atoms with Crippen LogP contribution in [0.2, 0.25) is 0 Å². The minimum atomic E-state index is -0.144. The molecule has 3 rings (SSSR count). The van der Waals surface area contributed by atoms with Crippen LogP contribution in [0, 0.1) is 0 Å². The highest BCUT2D eigenvalue weighted by molar-refractivity contribution is 7.09. The Balaban J connectivity index is 1.39. The molecule has 0 bridgehead atoms. The van der Waals surface area contributed by atoms with E-state index in [2.05, 4.69) is 34.6 Å². The number of carbonyl (C=O) groups is 1. The maximum atomic E-state index is 12.0. The Morgan fingerprint density at radius 1 is 1.42 bits per heavy atom. The summed E-state index contributed by atoms with van der Waals surface area (Å²) in [5, 5.41) is 5.40. The third-order valence-electron chi connectivity index (χ3n) is 4.20. The van der Waals surface area contributed by atoms with Crippen LogP contribution in [0.1, 0.15) is 52.0 Å². The molecule has 2 aromatic rings. The molecule has 24 heavy (non-hydrogen) atoms. The predicted molar refractivity (Wildman–Crippen MR) is 95.0 cm³/mol. The van der Waals surface area contributed by atoms with Crippen molar-refractivity contribution < 1.29 is 9.53 Å². The van der Waals surface area contributed by atoms with Crippen molar-refractivity contribution in [1.29, 1.82) is 0 Å². The summed E-state index contributed by atoms with van der Waals surface area (Å²) >= 11 is 1.41. The van der Waals surface area contributed by atoms with Crippen LogP contribution in [0.5, 0.6) is 0 Å². The van der Waals surface area contributed by atoms with E-state index in [1.165, 1.54) is 28.9 Å². The van der Waals surface area contributed by atoms with Crippen LogP contribution in [-0.2, 0) is 17.7 Å². The summed E-state index contributed by atoms with van der Waals surface area (Å²) in [6.07, 6.45) is 4.37. The molecule has 1 aliphatic carbocycles. The fourth-order valence-electron chi connectivity index (χ4n) is 2.98. The SMILES string of the molecule is NCc1nc(C(=O)NCCCOC2CCCc3ccccc32)cs1. The van der Waals surface area contributed by atoms with Gasteiger partial charge in [0.2, 0.25) is 0 Å². The second-order valence-electron chi connectivity index (χ2n) is 5.89. The van der Waals surface area contributed by atoms with Crippen LogP contribution in [0.3, 0.4) is 0 Å². The molecule has 0 saturated carbocycles. The molecule has 6 heteroatoms. The van der Waals surface area contributed by atoms with Crippen molar-refractivity contribution in [2.45, 2.75) is 38.3 Å². The number of nitrogens with zero attached hydrogens (tertiary/aromatic N) is 1. The monoisotopic (exact) mass is 345 g/mol. The van der Waals surface area contributed by atoms with E-state index < -0.39 is 0 Å². The Kier molecular flexibility index (Phi) is 5.96. The minimum Gasteiger partial charge on any atom is -0.373 e. The van der Waals surface area contributed by atoms with E-state index in [0.29, 0.717) is 25.4 Å². The van der Waals surface area contributed by atoms with E-state index in [0.717, 1.165) is 24.3 Å². The number of carbonyl (C=O) groups excluding carboxylic acids is 1. The van der Waals surface area contributed by atoms with Gasteiger partial charge in [-0.3, -0.25) is 4.79 Å². The van der Waals surface area contributed by atoms with Crippen LogP contribution < -0.4 is 11.1 Å². The summed E-state index contributed by atoms with van der Waals surface area (Å²) in [6.45, 7) is 1.60. The van der Waals surface area contributed by atoms with Gasteiger partial charge in [-0.05, 0) is 36.8 Å². The zero-order valence-corrected chi connectivity index (χ0v) is 14.5. The molecule has 0 fully saturated rings. The summed E-state index contributed by atoms with van der Waals surface area (Å²) < 4.78 is 6.04. The Morgan fingerprint density at radius 3 is 3.12 bits per heavy atom. The fourth-order valence-corrected chi connectivity index (χ4v) is 3.64. The Morgan fingerprint density at radius 2 is 2.29 bits per heavy atom. The average molecular weight is 345 g/mol. The molecule has 0 saturated heterocycles. The zero-order valence-electron chi connectivity index (χ0n) is 13.7. The first-order valence-corrected chi connectivity index (χ1v) is 9.28. The third-order valence-corrected chi connectivity index (χ3v) is 5.07. The molecule has 3 N–H and O–H groups in total. The quantitative estimate of drug-likeness (QED) is 0.757. The third kappa shape index (κ3) is 4.20. The molecule has 1 aromatic heterocycles. The molecule has 0 aliphatic heterocycles. The Hall–Kier alpha value is -1.76. The lowest BCUT2D eigenvalue weighted by atomic mass is 9.89. The maximum absolute atomic E-state index is 12.0. The molecule has 128 valence electrons. The largest absolute Gasteiger partial charge is 0.373 e. The number of hydrogen-bond donors (Lipinski definition) is 2. The summed E-state index contributed by atoms with van der Waals surface area (Å²) in [4.78, 5) is 16.1. The fraction of sp³-hybridized carbons (Fsp3) is 0.444. The van der Waals surface area contributed by atoms with Gasteiger partial charge in [0, 0.05) is 25.1 Å². The van der Waals surface area contributed by atoms with Gasteiger partial charge < -0.3 is 15.8 Å². The van der Waals surface area contributed by atoms with Gasteiger partial charge in [-0.1, -0.05) is 24.3 Å². The number of nitrogens with one attached hydrogen (secondary N) is 1. The molecule has 0 radical (unpaired) electrons. The first-order chi connectivity index (χ1) is 11.8. The van der Waals surface area contributed by atoms with Gasteiger partial charge in [0.1, 0.15) is 10.7 Å². The van der Waals surface area contributed by atoms with Gasteiger partial charge >= 0.3 is 0 Å². The summed E-state index contributed by atoms with van der Waals surface area (Å²) in [6, 6.07) is 8.52. The number of nitrogens with two attached hydrogens (primary N) is 1. The van der Waals surface area contributed by atoms with Gasteiger partial charge in [-0.15, -0.1) is 11.3 Å². The van der Waals surface area contributed by atoms with Crippen LogP contribution in [0.15, 0.2) is 29.6 Å². The molecular weight excluding hydrogens is 322 g/mol. The molecule has 1 amide bonds. The molecule has 1 unspecified atom stereocenters. The van der Waals surface area contributed by atoms with Crippen LogP contribution in [0.25, 0.3) is 0 Å². The van der Waals surface area contributed by atoms with Gasteiger partial charge in [-0.25, -0.2) is 4.98 Å². The number of aromatic nitrogens is 1. The number of rotatable bonds is 7. The van der Waals surface area contributed by atoms with Crippen molar-refractivity contribution in [2.75, 3.05) is 13.2 Å². The first-order valence-electron chi connectivity index (χ1n) is 8.40. The van der Waals surface area contributed by atoms with Crippen LogP contribution in [-0.4, -0.2) is 24.0 Å². The minimum absolute atomic E-state index is 0.144. The number of benzene rings is 1. The number of hydrogen-bond acceptors (Lipinski definition) is 5. The van der Waals surface area contributed by atoms with E-state index >= 15 is 0 Å². The number of fused-ring (bicyclic) bond motifs is 1.